The lowest BCUT2D eigenvalue weighted by molar-refractivity contribution is 0.623. The molecule has 2 N–H and O–H groups in total. The van der Waals surface area contributed by atoms with E-state index in [-0.39, 0.29) is 16.8 Å². The van der Waals surface area contributed by atoms with Gasteiger partial charge in [0.1, 0.15) is 11.9 Å². The van der Waals surface area contributed by atoms with Gasteiger partial charge < -0.3 is 5.73 Å². The molecule has 1 heterocycles. The first-order chi connectivity index (χ1) is 9.13. The minimum Gasteiger partial charge on any atom is -0.397 e. The van der Waals surface area contributed by atoms with Gasteiger partial charge in [0.2, 0.25) is 0 Å². The van der Waals surface area contributed by atoms with Gasteiger partial charge in [-0.25, -0.2) is 4.39 Å². The molecule has 0 aliphatic rings. The Morgan fingerprint density at radius 2 is 1.95 bits per heavy atom. The van der Waals surface area contributed by atoms with Crippen LogP contribution in [-0.4, -0.2) is 4.98 Å². The van der Waals surface area contributed by atoms with Crippen LogP contribution in [0, 0.1) is 17.1 Å². The molecule has 1 aromatic carbocycles. The van der Waals surface area contributed by atoms with Gasteiger partial charge in [-0.3, -0.25) is 4.98 Å². The van der Waals surface area contributed by atoms with Crippen LogP contribution in [0.5, 0.6) is 0 Å². The molecule has 0 spiro atoms. The predicted molar refractivity (Wildman–Crippen MR) is 75.0 cm³/mol. The van der Waals surface area contributed by atoms with Crippen LogP contribution in [-0.2, 0) is 0 Å². The second-order valence-electron chi connectivity index (χ2n) is 3.76. The molecule has 1 aromatic heterocycles. The van der Waals surface area contributed by atoms with Crippen molar-refractivity contribution in [1.82, 2.24) is 4.98 Å². The summed E-state index contributed by atoms with van der Waals surface area (Å²) >= 11 is 3.25. The number of pyridine rings is 1. The summed E-state index contributed by atoms with van der Waals surface area (Å²) in [6.07, 6.45) is 3.11. The summed E-state index contributed by atoms with van der Waals surface area (Å²) in [5.41, 5.74) is 7.06. The first kappa shape index (κ1) is 13.2. The van der Waals surface area contributed by atoms with Crippen molar-refractivity contribution in [2.24, 2.45) is 5.73 Å². The molecule has 0 amide bonds. The van der Waals surface area contributed by atoms with Gasteiger partial charge in [-0.15, -0.1) is 0 Å². The molecule has 2 aromatic rings. The van der Waals surface area contributed by atoms with E-state index in [4.69, 9.17) is 5.73 Å². The smallest absolute Gasteiger partial charge is 0.132 e. The van der Waals surface area contributed by atoms with Crippen LogP contribution in [0.25, 0.3) is 11.3 Å². The molecule has 0 fully saturated rings. The van der Waals surface area contributed by atoms with Crippen molar-refractivity contribution in [2.75, 3.05) is 0 Å². The fraction of sp³-hybridized carbons (Fsp3) is 0. The Bertz CT molecular complexity index is 675. The van der Waals surface area contributed by atoms with Crippen molar-refractivity contribution in [3.63, 3.8) is 0 Å². The first-order valence-corrected chi connectivity index (χ1v) is 6.18. The molecule has 0 bridgehead atoms. The molecule has 0 unspecified atom stereocenters. The van der Waals surface area contributed by atoms with Crippen molar-refractivity contribution >= 4 is 27.2 Å². The molecule has 0 saturated carbocycles. The zero-order valence-corrected chi connectivity index (χ0v) is 11.4. The van der Waals surface area contributed by atoms with Crippen LogP contribution in [0.2, 0.25) is 0 Å². The van der Waals surface area contributed by atoms with E-state index in [0.717, 1.165) is 0 Å². The molecule has 0 radical (unpaired) electrons. The highest BCUT2D eigenvalue weighted by molar-refractivity contribution is 9.10. The molecule has 0 atom stereocenters. The summed E-state index contributed by atoms with van der Waals surface area (Å²) in [4.78, 5) is 3.87. The van der Waals surface area contributed by atoms with Crippen LogP contribution < -0.4 is 5.73 Å². The van der Waals surface area contributed by atoms with E-state index in [0.29, 0.717) is 10.0 Å². The maximum Gasteiger partial charge on any atom is 0.132 e. The molecule has 0 aliphatic heterocycles. The molecule has 0 aliphatic carbocycles. The number of benzene rings is 1. The van der Waals surface area contributed by atoms with E-state index in [1.54, 1.807) is 36.7 Å². The summed E-state index contributed by atoms with van der Waals surface area (Å²) in [5, 5.41) is 9.23. The lowest BCUT2D eigenvalue weighted by Crippen LogP contribution is -2.03. The number of nitrogens with zero attached hydrogens (tertiary/aromatic N) is 2. The lowest BCUT2D eigenvalue weighted by atomic mass is 10.0. The molecule has 94 valence electrons. The maximum absolute atomic E-state index is 13.8. The van der Waals surface area contributed by atoms with Crippen LogP contribution >= 0.6 is 15.9 Å². The van der Waals surface area contributed by atoms with E-state index in [9.17, 15) is 9.65 Å². The fourth-order valence-corrected chi connectivity index (χ4v) is 2.00. The van der Waals surface area contributed by atoms with Crippen molar-refractivity contribution in [3.05, 3.63) is 64.1 Å². The number of rotatable bonds is 2. The van der Waals surface area contributed by atoms with E-state index in [1.165, 1.54) is 6.07 Å². The van der Waals surface area contributed by atoms with Crippen LogP contribution in [0.4, 0.5) is 4.39 Å². The van der Waals surface area contributed by atoms with Crippen LogP contribution in [0.15, 0.2) is 47.2 Å². The molecular formula is C14H9BrFN3. The van der Waals surface area contributed by atoms with Gasteiger partial charge in [0.15, 0.2) is 0 Å². The van der Waals surface area contributed by atoms with Gasteiger partial charge in [0.25, 0.3) is 0 Å². The third kappa shape index (κ3) is 2.80. The molecule has 5 heteroatoms. The zero-order valence-electron chi connectivity index (χ0n) is 9.77. The highest BCUT2D eigenvalue weighted by Crippen LogP contribution is 2.25. The standard InChI is InChI=1S/C14H9BrFN3/c15-10-1-2-13(16)11(7-10)14(18)12(8-17)9-3-5-19-6-4-9/h1-7H,18H2/b14-12-. The topological polar surface area (TPSA) is 62.7 Å². The second-order valence-corrected chi connectivity index (χ2v) is 4.68. The number of nitrogens with two attached hydrogens (primary N) is 1. The fourth-order valence-electron chi connectivity index (χ4n) is 1.64. The minimum atomic E-state index is -0.470. The SMILES string of the molecule is N#C/C(=C(/N)c1cc(Br)ccc1F)c1ccncc1. The first-order valence-electron chi connectivity index (χ1n) is 5.39. The quantitative estimate of drug-likeness (QED) is 0.864. The molecule has 0 saturated heterocycles. The van der Waals surface area contributed by atoms with Crippen LogP contribution in [0.3, 0.4) is 0 Å². The Balaban J connectivity index is 2.62. The third-order valence-corrected chi connectivity index (χ3v) is 3.06. The summed E-state index contributed by atoms with van der Waals surface area (Å²) in [5.74, 6) is -0.470. The molecular weight excluding hydrogens is 309 g/mol. The average Bonchev–Trinajstić information content (AvgIpc) is 2.43. The summed E-state index contributed by atoms with van der Waals surface area (Å²) in [6.45, 7) is 0. The second kappa shape index (κ2) is 5.63. The van der Waals surface area contributed by atoms with Gasteiger partial charge in [-0.2, -0.15) is 5.26 Å². The monoisotopic (exact) mass is 317 g/mol. The van der Waals surface area contributed by atoms with E-state index in [2.05, 4.69) is 20.9 Å². The Hall–Kier alpha value is -2.19. The Kier molecular flexibility index (Phi) is 3.93. The Morgan fingerprint density at radius 3 is 2.58 bits per heavy atom. The minimum absolute atomic E-state index is 0.104. The van der Waals surface area contributed by atoms with E-state index >= 15 is 0 Å². The largest absolute Gasteiger partial charge is 0.397 e. The van der Waals surface area contributed by atoms with Crippen LogP contribution in [0.1, 0.15) is 11.1 Å². The zero-order chi connectivity index (χ0) is 13.8. The number of hydrogen-bond acceptors (Lipinski definition) is 3. The van der Waals surface area contributed by atoms with E-state index in [1.807, 2.05) is 6.07 Å². The van der Waals surface area contributed by atoms with Gasteiger partial charge in [0.05, 0.1) is 11.3 Å². The number of halogens is 2. The van der Waals surface area contributed by atoms with E-state index < -0.39 is 5.82 Å². The summed E-state index contributed by atoms with van der Waals surface area (Å²) in [7, 11) is 0. The highest BCUT2D eigenvalue weighted by atomic mass is 79.9. The number of nitriles is 1. The van der Waals surface area contributed by atoms with Gasteiger partial charge >= 0.3 is 0 Å². The van der Waals surface area contributed by atoms with Crippen molar-refractivity contribution in [3.8, 4) is 6.07 Å². The third-order valence-electron chi connectivity index (χ3n) is 2.57. The van der Waals surface area contributed by atoms with Crippen molar-refractivity contribution < 1.29 is 4.39 Å². The van der Waals surface area contributed by atoms with Gasteiger partial charge in [0, 0.05) is 22.4 Å². The molecule has 19 heavy (non-hydrogen) atoms. The number of allylic oxidation sites excluding steroid dienone is 1. The highest BCUT2D eigenvalue weighted by Gasteiger charge is 2.12. The summed E-state index contributed by atoms with van der Waals surface area (Å²) < 4.78 is 14.5. The Morgan fingerprint density at radius 1 is 1.26 bits per heavy atom. The predicted octanol–water partition coefficient (Wildman–Crippen LogP) is 3.33. The molecule has 3 nitrogen and oxygen atoms in total. The van der Waals surface area contributed by atoms with Crippen molar-refractivity contribution in [1.29, 1.82) is 5.26 Å². The maximum atomic E-state index is 13.8. The average molecular weight is 318 g/mol. The lowest BCUT2D eigenvalue weighted by Gasteiger charge is -2.08. The van der Waals surface area contributed by atoms with Crippen molar-refractivity contribution in [2.45, 2.75) is 0 Å². The summed E-state index contributed by atoms with van der Waals surface area (Å²) in [6, 6.07) is 9.73. The molecule has 2 rings (SSSR count). The number of hydrogen-bond donors (Lipinski definition) is 1. The van der Waals surface area contributed by atoms with Gasteiger partial charge in [-0.1, -0.05) is 15.9 Å². The normalized spacial score (nSPS) is 11.6. The Labute approximate surface area is 118 Å². The number of aromatic nitrogens is 1. The van der Waals surface area contributed by atoms with Gasteiger partial charge in [-0.05, 0) is 35.9 Å².